The molecule has 0 spiro atoms. The number of aromatic nitrogens is 4. The molecule has 1 amide bonds. The molecule has 4 N–H and O–H groups in total. The molecule has 0 saturated carbocycles. The Bertz CT molecular complexity index is 894. The van der Waals surface area contributed by atoms with Crippen LogP contribution >= 0.6 is 0 Å². The van der Waals surface area contributed by atoms with E-state index in [0.29, 0.717) is 18.5 Å². The van der Waals surface area contributed by atoms with E-state index in [4.69, 9.17) is 9.29 Å². The molecule has 11 nitrogen and oxygen atoms in total. The molecule has 142 valence electrons. The first-order valence-corrected chi connectivity index (χ1v) is 9.23. The Morgan fingerprint density at radius 1 is 1.54 bits per heavy atom. The summed E-state index contributed by atoms with van der Waals surface area (Å²) in [7, 11) is 0. The SMILES string of the molecule is CC(C)C(=O)Nc1nc2c(ncn2C2CCC(CNS(=O)O)O2)c(=O)[nH]1. The lowest BCUT2D eigenvalue weighted by Gasteiger charge is -2.15. The van der Waals surface area contributed by atoms with Crippen LogP contribution in [-0.2, 0) is 20.8 Å². The van der Waals surface area contributed by atoms with E-state index < -0.39 is 23.1 Å². The Kier molecular flexibility index (Phi) is 5.46. The van der Waals surface area contributed by atoms with E-state index in [-0.39, 0.29) is 35.9 Å². The number of nitrogens with zero attached hydrogens (tertiary/aromatic N) is 3. The van der Waals surface area contributed by atoms with Crippen LogP contribution in [0.4, 0.5) is 5.95 Å². The molecule has 3 unspecified atom stereocenters. The summed E-state index contributed by atoms with van der Waals surface area (Å²) in [5, 5.41) is 2.56. The van der Waals surface area contributed by atoms with Crippen molar-refractivity contribution in [1.82, 2.24) is 24.2 Å². The minimum atomic E-state index is -2.09. The molecular formula is C14H20N6O5S. The summed E-state index contributed by atoms with van der Waals surface area (Å²) in [5.74, 6) is -0.474. The van der Waals surface area contributed by atoms with Gasteiger partial charge in [0.2, 0.25) is 23.1 Å². The van der Waals surface area contributed by atoms with Crippen LogP contribution in [0.25, 0.3) is 11.2 Å². The molecule has 2 aromatic heterocycles. The molecule has 12 heteroatoms. The maximum absolute atomic E-state index is 12.2. The summed E-state index contributed by atoms with van der Waals surface area (Å²) in [6.07, 6.45) is 2.13. The molecule has 3 atom stereocenters. The molecule has 0 aromatic carbocycles. The van der Waals surface area contributed by atoms with Crippen molar-refractivity contribution in [3.8, 4) is 0 Å². The van der Waals surface area contributed by atoms with Crippen LogP contribution < -0.4 is 15.6 Å². The maximum atomic E-state index is 12.2. The van der Waals surface area contributed by atoms with Crippen LogP contribution in [0.15, 0.2) is 11.1 Å². The summed E-state index contributed by atoms with van der Waals surface area (Å²) in [4.78, 5) is 34.9. The molecule has 1 fully saturated rings. The zero-order chi connectivity index (χ0) is 18.8. The van der Waals surface area contributed by atoms with E-state index in [0.717, 1.165) is 0 Å². The highest BCUT2D eigenvalue weighted by atomic mass is 32.2. The summed E-state index contributed by atoms with van der Waals surface area (Å²) in [6.45, 7) is 3.70. The topological polar surface area (TPSA) is 151 Å². The molecule has 0 radical (unpaired) electrons. The number of fused-ring (bicyclic) bond motifs is 1. The lowest BCUT2D eigenvalue weighted by Crippen LogP contribution is -2.28. The van der Waals surface area contributed by atoms with Crippen molar-refractivity contribution in [3.63, 3.8) is 0 Å². The number of carbonyl (C=O) groups is 1. The van der Waals surface area contributed by atoms with E-state index in [1.54, 1.807) is 18.4 Å². The molecule has 2 aromatic rings. The van der Waals surface area contributed by atoms with Crippen molar-refractivity contribution < 1.29 is 18.3 Å². The van der Waals surface area contributed by atoms with Crippen LogP contribution in [0, 0.1) is 5.92 Å². The molecule has 1 saturated heterocycles. The molecular weight excluding hydrogens is 364 g/mol. The summed E-state index contributed by atoms with van der Waals surface area (Å²) in [6, 6.07) is 0. The van der Waals surface area contributed by atoms with Gasteiger partial charge in [0.05, 0.1) is 12.4 Å². The van der Waals surface area contributed by atoms with Gasteiger partial charge in [0.1, 0.15) is 6.23 Å². The third-order valence-corrected chi connectivity index (χ3v) is 4.44. The number of carbonyl (C=O) groups excluding carboxylic acids is 1. The first-order chi connectivity index (χ1) is 12.3. The van der Waals surface area contributed by atoms with E-state index in [2.05, 4.69) is 25.0 Å². The second kappa shape index (κ2) is 7.61. The first-order valence-electron chi connectivity index (χ1n) is 8.12. The number of anilines is 1. The van der Waals surface area contributed by atoms with Gasteiger partial charge in [-0.05, 0) is 12.8 Å². The second-order valence-corrected chi connectivity index (χ2v) is 7.06. The van der Waals surface area contributed by atoms with E-state index in [9.17, 15) is 13.8 Å². The van der Waals surface area contributed by atoms with Gasteiger partial charge in [-0.3, -0.25) is 29.0 Å². The molecule has 3 rings (SSSR count). The van der Waals surface area contributed by atoms with Crippen molar-refractivity contribution in [2.24, 2.45) is 5.92 Å². The Morgan fingerprint density at radius 3 is 3.00 bits per heavy atom. The number of nitrogens with one attached hydrogen (secondary N) is 3. The average Bonchev–Trinajstić information content (AvgIpc) is 3.19. The molecule has 3 heterocycles. The molecule has 1 aliphatic heterocycles. The van der Waals surface area contributed by atoms with Gasteiger partial charge < -0.3 is 4.74 Å². The first kappa shape index (κ1) is 18.6. The predicted octanol–water partition coefficient (Wildman–Crippen LogP) is 0.118. The van der Waals surface area contributed by atoms with Crippen LogP contribution in [-0.4, -0.2) is 46.8 Å². The third kappa shape index (κ3) is 3.98. The Balaban J connectivity index is 1.83. The average molecular weight is 384 g/mol. The Morgan fingerprint density at radius 2 is 2.31 bits per heavy atom. The van der Waals surface area contributed by atoms with Crippen molar-refractivity contribution >= 4 is 34.3 Å². The largest absolute Gasteiger partial charge is 0.353 e. The highest BCUT2D eigenvalue weighted by molar-refractivity contribution is 7.77. The Labute approximate surface area is 151 Å². The number of ether oxygens (including phenoxy) is 1. The minimum Gasteiger partial charge on any atom is -0.353 e. The lowest BCUT2D eigenvalue weighted by molar-refractivity contribution is -0.118. The van der Waals surface area contributed by atoms with E-state index in [1.807, 2.05) is 0 Å². The highest BCUT2D eigenvalue weighted by Crippen LogP contribution is 2.29. The lowest BCUT2D eigenvalue weighted by atomic mass is 10.2. The molecule has 0 bridgehead atoms. The fourth-order valence-corrected chi connectivity index (χ4v) is 2.99. The standard InChI is InChI=1S/C14H20N6O5S/c1-7(2)12(21)18-14-17-11-10(13(22)19-14)15-6-20(11)9-4-3-8(25-9)5-16-26(23)24/h6-9,16H,3-5H2,1-2H3,(H,23,24)(H2,17,18,19,21,22). The van der Waals surface area contributed by atoms with Gasteiger partial charge in [-0.25, -0.2) is 13.9 Å². The van der Waals surface area contributed by atoms with Crippen LogP contribution in [0.5, 0.6) is 0 Å². The number of rotatable bonds is 6. The van der Waals surface area contributed by atoms with E-state index in [1.165, 1.54) is 6.33 Å². The number of imidazole rings is 1. The van der Waals surface area contributed by atoms with Gasteiger partial charge in [0.25, 0.3) is 5.56 Å². The fourth-order valence-electron chi connectivity index (χ4n) is 2.66. The summed E-state index contributed by atoms with van der Waals surface area (Å²) in [5.41, 5.74) is -0.00831. The zero-order valence-electron chi connectivity index (χ0n) is 14.3. The normalized spacial score (nSPS) is 21.4. The van der Waals surface area contributed by atoms with Gasteiger partial charge in [-0.1, -0.05) is 13.8 Å². The molecule has 26 heavy (non-hydrogen) atoms. The number of aromatic amines is 1. The zero-order valence-corrected chi connectivity index (χ0v) is 15.1. The monoisotopic (exact) mass is 384 g/mol. The number of hydrogen-bond acceptors (Lipinski definition) is 6. The van der Waals surface area contributed by atoms with Gasteiger partial charge in [0, 0.05) is 12.5 Å². The summed E-state index contributed by atoms with van der Waals surface area (Å²) >= 11 is -2.09. The fraction of sp³-hybridized carbons (Fsp3) is 0.571. The second-order valence-electron chi connectivity index (χ2n) is 6.27. The maximum Gasteiger partial charge on any atom is 0.280 e. The Hall–Kier alpha value is -2.15. The quantitative estimate of drug-likeness (QED) is 0.516. The van der Waals surface area contributed by atoms with E-state index >= 15 is 0 Å². The van der Waals surface area contributed by atoms with Gasteiger partial charge in [-0.15, -0.1) is 0 Å². The number of H-pyrrole nitrogens is 1. The van der Waals surface area contributed by atoms with Crippen LogP contribution in [0.3, 0.4) is 0 Å². The van der Waals surface area contributed by atoms with Crippen molar-refractivity contribution in [2.45, 2.75) is 39.0 Å². The molecule has 0 aliphatic carbocycles. The van der Waals surface area contributed by atoms with Gasteiger partial charge in [0.15, 0.2) is 11.2 Å². The van der Waals surface area contributed by atoms with Gasteiger partial charge >= 0.3 is 0 Å². The summed E-state index contributed by atoms with van der Waals surface area (Å²) < 4.78 is 29.4. The van der Waals surface area contributed by atoms with Crippen LogP contribution in [0.1, 0.15) is 32.9 Å². The van der Waals surface area contributed by atoms with Crippen LogP contribution in [0.2, 0.25) is 0 Å². The number of amides is 1. The number of hydrogen-bond donors (Lipinski definition) is 4. The predicted molar refractivity (Wildman–Crippen MR) is 93.5 cm³/mol. The minimum absolute atomic E-state index is 0.0508. The van der Waals surface area contributed by atoms with Crippen molar-refractivity contribution in [3.05, 3.63) is 16.7 Å². The third-order valence-electron chi connectivity index (χ3n) is 4.03. The van der Waals surface area contributed by atoms with Gasteiger partial charge in [-0.2, -0.15) is 4.98 Å². The highest BCUT2D eigenvalue weighted by Gasteiger charge is 2.28. The van der Waals surface area contributed by atoms with Crippen molar-refractivity contribution in [2.75, 3.05) is 11.9 Å². The molecule has 1 aliphatic rings. The van der Waals surface area contributed by atoms with Crippen molar-refractivity contribution in [1.29, 1.82) is 0 Å². The smallest absolute Gasteiger partial charge is 0.280 e.